The largest absolute Gasteiger partial charge is 0.216 e. The number of rotatable bonds is 7. The van der Waals surface area contributed by atoms with Crippen LogP contribution in [0.5, 0.6) is 0 Å². The van der Waals surface area contributed by atoms with Crippen LogP contribution < -0.4 is 0 Å². The second kappa shape index (κ2) is 10.7. The zero-order valence-electron chi connectivity index (χ0n) is 16.9. The van der Waals surface area contributed by atoms with Crippen LogP contribution in [0.1, 0.15) is 94.1 Å². The first kappa shape index (κ1) is 21.0. The summed E-state index contributed by atoms with van der Waals surface area (Å²) >= 11 is 0. The predicted octanol–water partition coefficient (Wildman–Crippen LogP) is 7.82. The van der Waals surface area contributed by atoms with Crippen LogP contribution >= 0.6 is 0 Å². The van der Waals surface area contributed by atoms with Crippen LogP contribution in [-0.2, 0) is 0 Å². The highest BCUT2D eigenvalue weighted by Crippen LogP contribution is 2.40. The van der Waals surface area contributed by atoms with E-state index in [2.05, 4.69) is 0 Å². The van der Waals surface area contributed by atoms with Gasteiger partial charge in [0.25, 0.3) is 0 Å². The third-order valence-electron chi connectivity index (χ3n) is 7.21. The van der Waals surface area contributed by atoms with Gasteiger partial charge in [0, 0.05) is 0 Å². The molecule has 2 fully saturated rings. The van der Waals surface area contributed by atoms with Gasteiger partial charge in [-0.15, -0.1) is 0 Å². The van der Waals surface area contributed by atoms with E-state index in [0.717, 1.165) is 49.0 Å². The second-order valence-corrected chi connectivity index (χ2v) is 8.97. The van der Waals surface area contributed by atoms with Crippen molar-refractivity contribution in [1.29, 1.82) is 5.26 Å². The average molecular weight is 386 g/mol. The summed E-state index contributed by atoms with van der Waals surface area (Å²) in [7, 11) is 0. The maximum absolute atomic E-state index is 13.9. The average Bonchev–Trinajstić information content (AvgIpc) is 2.74. The third kappa shape index (κ3) is 5.90. The van der Waals surface area contributed by atoms with Gasteiger partial charge in [0.1, 0.15) is 11.9 Å². The van der Waals surface area contributed by atoms with Crippen molar-refractivity contribution in [3.05, 3.63) is 47.5 Å². The minimum atomic E-state index is -0.376. The zero-order valence-corrected chi connectivity index (χ0v) is 16.9. The Hall–Kier alpha value is -1.69. The highest BCUT2D eigenvalue weighted by molar-refractivity contribution is 5.34. The summed E-state index contributed by atoms with van der Waals surface area (Å²) in [6, 6.07) is 7.04. The maximum Gasteiger partial charge on any atom is 0.141 e. The summed E-state index contributed by atoms with van der Waals surface area (Å²) in [5, 5.41) is 8.88. The molecule has 2 aliphatic carbocycles. The number of hydrogen-bond donors (Lipinski definition) is 0. The van der Waals surface area contributed by atoms with Gasteiger partial charge < -0.3 is 0 Å². The van der Waals surface area contributed by atoms with Gasteiger partial charge in [0.2, 0.25) is 0 Å². The van der Waals surface area contributed by atoms with Gasteiger partial charge in [-0.05, 0) is 79.9 Å². The fourth-order valence-electron chi connectivity index (χ4n) is 5.34. The molecule has 1 aromatic carbocycles. The quantitative estimate of drug-likeness (QED) is 0.469. The monoisotopic (exact) mass is 385 g/mol. The number of benzene rings is 1. The van der Waals surface area contributed by atoms with Gasteiger partial charge in [-0.1, -0.05) is 50.7 Å². The lowest BCUT2D eigenvalue weighted by Crippen LogP contribution is -2.18. The SMILES string of the molecule is N#Cc1ccc(C2CCC(CCC3CCC(CCC=CF)CC3)CC2)cc1F. The summed E-state index contributed by atoms with van der Waals surface area (Å²) in [4.78, 5) is 0. The first-order valence-corrected chi connectivity index (χ1v) is 11.1. The van der Waals surface area contributed by atoms with E-state index >= 15 is 0 Å². The zero-order chi connectivity index (χ0) is 19.8. The molecule has 0 aliphatic heterocycles. The van der Waals surface area contributed by atoms with Crippen molar-refractivity contribution in [2.75, 3.05) is 0 Å². The molecule has 0 bridgehead atoms. The van der Waals surface area contributed by atoms with Crippen molar-refractivity contribution in [2.24, 2.45) is 17.8 Å². The molecule has 0 radical (unpaired) electrons. The van der Waals surface area contributed by atoms with Gasteiger partial charge >= 0.3 is 0 Å². The Morgan fingerprint density at radius 3 is 2.00 bits per heavy atom. The molecular formula is C25H33F2N. The van der Waals surface area contributed by atoms with E-state index in [-0.39, 0.29) is 11.4 Å². The van der Waals surface area contributed by atoms with Crippen molar-refractivity contribution >= 4 is 0 Å². The fourth-order valence-corrected chi connectivity index (χ4v) is 5.34. The standard InChI is InChI=1S/C25H33F2N/c26-16-2-1-3-19-4-6-20(7-5-19)8-9-21-10-12-22(13-11-21)23-14-15-24(18-28)25(27)17-23/h2,14-17,19-22H,1,3-13H2. The van der Waals surface area contributed by atoms with Crippen LogP contribution in [0.3, 0.4) is 0 Å². The Kier molecular flexibility index (Phi) is 8.07. The Morgan fingerprint density at radius 2 is 1.46 bits per heavy atom. The summed E-state index contributed by atoms with van der Waals surface area (Å²) in [6.45, 7) is 0. The molecule has 0 amide bonds. The summed E-state index contributed by atoms with van der Waals surface area (Å²) < 4.78 is 25.9. The minimum Gasteiger partial charge on any atom is -0.216 e. The Morgan fingerprint density at radius 1 is 0.893 bits per heavy atom. The molecule has 3 heteroatoms. The molecule has 152 valence electrons. The van der Waals surface area contributed by atoms with E-state index in [1.807, 2.05) is 12.1 Å². The number of nitrogens with zero attached hydrogens (tertiary/aromatic N) is 1. The highest BCUT2D eigenvalue weighted by Gasteiger charge is 2.25. The number of hydrogen-bond acceptors (Lipinski definition) is 1. The molecule has 0 unspecified atom stereocenters. The summed E-state index contributed by atoms with van der Waals surface area (Å²) in [5.41, 5.74) is 1.21. The molecule has 1 nitrogen and oxygen atoms in total. The Balaban J connectivity index is 1.35. The van der Waals surface area contributed by atoms with Gasteiger partial charge in [-0.25, -0.2) is 8.78 Å². The molecule has 0 aromatic heterocycles. The maximum atomic E-state index is 13.9. The summed E-state index contributed by atoms with van der Waals surface area (Å²) in [6.07, 6.45) is 17.2. The molecule has 0 atom stereocenters. The third-order valence-corrected chi connectivity index (χ3v) is 7.21. The fraction of sp³-hybridized carbons (Fsp3) is 0.640. The van der Waals surface area contributed by atoms with Gasteiger partial charge in [0.15, 0.2) is 0 Å². The first-order chi connectivity index (χ1) is 13.7. The highest BCUT2D eigenvalue weighted by atomic mass is 19.1. The van der Waals surface area contributed by atoms with Gasteiger partial charge in [0.05, 0.1) is 11.9 Å². The van der Waals surface area contributed by atoms with Crippen LogP contribution in [0, 0.1) is 34.9 Å². The van der Waals surface area contributed by atoms with Crippen LogP contribution in [-0.4, -0.2) is 0 Å². The first-order valence-electron chi connectivity index (χ1n) is 11.1. The lowest BCUT2D eigenvalue weighted by Gasteiger charge is -2.32. The molecule has 0 spiro atoms. The van der Waals surface area contributed by atoms with Crippen molar-refractivity contribution < 1.29 is 8.78 Å². The Labute approximate surface area is 168 Å². The number of nitriles is 1. The van der Waals surface area contributed by atoms with E-state index in [4.69, 9.17) is 5.26 Å². The molecule has 28 heavy (non-hydrogen) atoms. The van der Waals surface area contributed by atoms with E-state index in [1.54, 1.807) is 18.2 Å². The molecule has 2 saturated carbocycles. The molecule has 3 rings (SSSR count). The van der Waals surface area contributed by atoms with Crippen LogP contribution in [0.25, 0.3) is 0 Å². The summed E-state index contributed by atoms with van der Waals surface area (Å²) in [5.74, 6) is 2.59. The normalized spacial score (nSPS) is 28.3. The van der Waals surface area contributed by atoms with Crippen LogP contribution in [0.15, 0.2) is 30.6 Å². The van der Waals surface area contributed by atoms with E-state index < -0.39 is 0 Å². The van der Waals surface area contributed by atoms with Gasteiger partial charge in [-0.2, -0.15) is 5.26 Å². The van der Waals surface area contributed by atoms with Crippen molar-refractivity contribution in [2.45, 2.75) is 83.0 Å². The van der Waals surface area contributed by atoms with Crippen LogP contribution in [0.2, 0.25) is 0 Å². The molecular weight excluding hydrogens is 352 g/mol. The van der Waals surface area contributed by atoms with Crippen molar-refractivity contribution in [3.63, 3.8) is 0 Å². The van der Waals surface area contributed by atoms with Gasteiger partial charge in [-0.3, -0.25) is 0 Å². The molecule has 1 aromatic rings. The molecule has 0 N–H and O–H groups in total. The second-order valence-electron chi connectivity index (χ2n) is 8.97. The molecule has 0 saturated heterocycles. The van der Waals surface area contributed by atoms with Crippen molar-refractivity contribution in [1.82, 2.24) is 0 Å². The van der Waals surface area contributed by atoms with Crippen molar-refractivity contribution in [3.8, 4) is 6.07 Å². The Bertz CT molecular complexity index is 674. The lowest BCUT2D eigenvalue weighted by molar-refractivity contribution is 0.225. The molecule has 0 heterocycles. The van der Waals surface area contributed by atoms with E-state index in [0.29, 0.717) is 12.2 Å². The van der Waals surface area contributed by atoms with E-state index in [9.17, 15) is 8.78 Å². The lowest BCUT2D eigenvalue weighted by atomic mass is 9.74. The number of halogens is 2. The smallest absolute Gasteiger partial charge is 0.141 e. The van der Waals surface area contributed by atoms with Crippen LogP contribution in [0.4, 0.5) is 8.78 Å². The minimum absolute atomic E-state index is 0.144. The van der Waals surface area contributed by atoms with E-state index in [1.165, 1.54) is 51.4 Å². The molecule has 2 aliphatic rings. The predicted molar refractivity (Wildman–Crippen MR) is 110 cm³/mol. The number of allylic oxidation sites excluding steroid dienone is 1. The topological polar surface area (TPSA) is 23.8 Å².